The first-order valence-electron chi connectivity index (χ1n) is 6.67. The summed E-state index contributed by atoms with van der Waals surface area (Å²) in [6.45, 7) is 0.625. The van der Waals surface area contributed by atoms with Crippen molar-refractivity contribution in [2.24, 2.45) is 0 Å². The molecule has 0 spiro atoms. The Morgan fingerprint density at radius 3 is 2.39 bits per heavy atom. The SMILES string of the molecule is CC(F)(C(=O)O)c1c(F)cc2c(ccc3c(Br)cccc32)c1F. The van der Waals surface area contributed by atoms with Gasteiger partial charge in [0.05, 0.1) is 5.56 Å². The molecule has 2 nitrogen and oxygen atoms in total. The summed E-state index contributed by atoms with van der Waals surface area (Å²) in [5, 5.41) is 10.5. The van der Waals surface area contributed by atoms with Gasteiger partial charge in [0, 0.05) is 9.86 Å². The highest BCUT2D eigenvalue weighted by Gasteiger charge is 2.41. The number of rotatable bonds is 2. The highest BCUT2D eigenvalue weighted by atomic mass is 79.9. The normalized spacial score (nSPS) is 14.1. The van der Waals surface area contributed by atoms with Crippen molar-refractivity contribution in [3.05, 3.63) is 58.1 Å². The molecule has 0 aromatic heterocycles. The summed E-state index contributed by atoms with van der Waals surface area (Å²) < 4.78 is 44.0. The molecule has 0 heterocycles. The van der Waals surface area contributed by atoms with E-state index in [2.05, 4.69) is 15.9 Å². The van der Waals surface area contributed by atoms with E-state index in [1.54, 1.807) is 24.3 Å². The summed E-state index contributed by atoms with van der Waals surface area (Å²) in [6, 6.07) is 9.17. The number of fused-ring (bicyclic) bond motifs is 3. The standard InChI is InChI=1S/C17H10BrF3O2/c1-17(21,16(22)23)14-13(19)7-11-8-3-2-4-12(18)9(8)5-6-10(11)15(14)20/h2-7H,1H3,(H,22,23). The van der Waals surface area contributed by atoms with Crippen molar-refractivity contribution in [3.8, 4) is 0 Å². The van der Waals surface area contributed by atoms with Crippen molar-refractivity contribution >= 4 is 43.4 Å². The van der Waals surface area contributed by atoms with Crippen molar-refractivity contribution in [3.63, 3.8) is 0 Å². The van der Waals surface area contributed by atoms with Gasteiger partial charge in [0.2, 0.25) is 5.67 Å². The minimum Gasteiger partial charge on any atom is -0.479 e. The predicted molar refractivity (Wildman–Crippen MR) is 85.2 cm³/mol. The second kappa shape index (κ2) is 5.23. The predicted octanol–water partition coefficient (Wildman–Crippen LogP) is 5.30. The molecule has 3 rings (SSSR count). The van der Waals surface area contributed by atoms with E-state index in [1.807, 2.05) is 0 Å². The number of carbonyl (C=O) groups is 1. The van der Waals surface area contributed by atoms with Gasteiger partial charge in [-0.05, 0) is 35.2 Å². The third-order valence-electron chi connectivity index (χ3n) is 3.89. The molecule has 0 bridgehead atoms. The van der Waals surface area contributed by atoms with E-state index in [1.165, 1.54) is 6.07 Å². The van der Waals surface area contributed by atoms with Gasteiger partial charge in [-0.3, -0.25) is 0 Å². The van der Waals surface area contributed by atoms with E-state index in [4.69, 9.17) is 5.11 Å². The third-order valence-corrected chi connectivity index (χ3v) is 4.58. The van der Waals surface area contributed by atoms with Gasteiger partial charge in [0.1, 0.15) is 11.6 Å². The Morgan fingerprint density at radius 2 is 1.74 bits per heavy atom. The van der Waals surface area contributed by atoms with Crippen LogP contribution in [0.4, 0.5) is 13.2 Å². The molecule has 3 aromatic carbocycles. The van der Waals surface area contributed by atoms with Gasteiger partial charge in [-0.2, -0.15) is 0 Å². The molecule has 6 heteroatoms. The molecule has 1 N–H and O–H groups in total. The second-order valence-electron chi connectivity index (χ2n) is 5.35. The van der Waals surface area contributed by atoms with Crippen LogP contribution in [0.25, 0.3) is 21.5 Å². The molecule has 1 unspecified atom stereocenters. The minimum atomic E-state index is -3.16. The summed E-state index contributed by atoms with van der Waals surface area (Å²) in [4.78, 5) is 11.0. The average Bonchev–Trinajstić information content (AvgIpc) is 2.47. The fourth-order valence-corrected chi connectivity index (χ4v) is 3.16. The number of hydrogen-bond donors (Lipinski definition) is 1. The number of alkyl halides is 1. The van der Waals surface area contributed by atoms with Crippen LogP contribution in [-0.4, -0.2) is 11.1 Å². The Bertz CT molecular complexity index is 967. The first-order valence-corrected chi connectivity index (χ1v) is 7.46. The monoisotopic (exact) mass is 382 g/mol. The molecule has 0 radical (unpaired) electrons. The Hall–Kier alpha value is -2.08. The van der Waals surface area contributed by atoms with Crippen molar-refractivity contribution < 1.29 is 23.1 Å². The summed E-state index contributed by atoms with van der Waals surface area (Å²) in [5.74, 6) is -4.37. The van der Waals surface area contributed by atoms with Gasteiger partial charge in [-0.1, -0.05) is 40.2 Å². The molecule has 0 saturated heterocycles. The first-order chi connectivity index (χ1) is 10.7. The first kappa shape index (κ1) is 15.8. The minimum absolute atomic E-state index is 0.0304. The quantitative estimate of drug-likeness (QED) is 0.610. The van der Waals surface area contributed by atoms with E-state index >= 15 is 0 Å². The molecular formula is C17H10BrF3O2. The van der Waals surface area contributed by atoms with Crippen molar-refractivity contribution in [1.29, 1.82) is 0 Å². The van der Waals surface area contributed by atoms with E-state index in [0.29, 0.717) is 12.3 Å². The molecule has 0 fully saturated rings. The lowest BCUT2D eigenvalue weighted by molar-refractivity contribution is -0.150. The summed E-state index contributed by atoms with van der Waals surface area (Å²) in [5.41, 5.74) is -4.25. The third kappa shape index (κ3) is 2.28. The molecule has 118 valence electrons. The lowest BCUT2D eigenvalue weighted by atomic mass is 9.92. The van der Waals surface area contributed by atoms with Crippen LogP contribution in [0, 0.1) is 11.6 Å². The van der Waals surface area contributed by atoms with Crippen LogP contribution in [0.3, 0.4) is 0 Å². The number of carboxylic acids is 1. The smallest absolute Gasteiger partial charge is 0.346 e. The summed E-state index contributed by atoms with van der Waals surface area (Å²) >= 11 is 3.36. The molecule has 0 aliphatic carbocycles. The largest absolute Gasteiger partial charge is 0.479 e. The van der Waals surface area contributed by atoms with Crippen LogP contribution in [-0.2, 0) is 10.5 Å². The maximum absolute atomic E-state index is 14.7. The van der Waals surface area contributed by atoms with Gasteiger partial charge >= 0.3 is 5.97 Å². The Labute approximate surface area is 137 Å². The Kier molecular flexibility index (Phi) is 3.59. The van der Waals surface area contributed by atoms with E-state index in [0.717, 1.165) is 15.9 Å². The fraction of sp³-hybridized carbons (Fsp3) is 0.118. The molecule has 1 atom stereocenters. The van der Waals surface area contributed by atoms with Crippen molar-refractivity contribution in [2.45, 2.75) is 12.6 Å². The van der Waals surface area contributed by atoms with E-state index < -0.39 is 28.8 Å². The van der Waals surface area contributed by atoms with Crippen LogP contribution >= 0.6 is 15.9 Å². The van der Waals surface area contributed by atoms with Crippen LogP contribution < -0.4 is 0 Å². The van der Waals surface area contributed by atoms with Crippen molar-refractivity contribution in [1.82, 2.24) is 0 Å². The molecule has 3 aromatic rings. The van der Waals surface area contributed by atoms with Crippen molar-refractivity contribution in [2.75, 3.05) is 0 Å². The molecule has 0 aliphatic rings. The van der Waals surface area contributed by atoms with Crippen LogP contribution in [0.2, 0.25) is 0 Å². The topological polar surface area (TPSA) is 37.3 Å². The number of hydrogen-bond acceptors (Lipinski definition) is 1. The van der Waals surface area contributed by atoms with Gasteiger partial charge in [-0.15, -0.1) is 0 Å². The number of halogens is 4. The lowest BCUT2D eigenvalue weighted by Gasteiger charge is -2.19. The highest BCUT2D eigenvalue weighted by Crippen LogP contribution is 2.38. The Morgan fingerprint density at radius 1 is 1.09 bits per heavy atom. The van der Waals surface area contributed by atoms with E-state index in [-0.39, 0.29) is 10.8 Å². The zero-order chi connectivity index (χ0) is 16.9. The van der Waals surface area contributed by atoms with Gasteiger partial charge < -0.3 is 5.11 Å². The van der Waals surface area contributed by atoms with Gasteiger partial charge in [0.25, 0.3) is 0 Å². The van der Waals surface area contributed by atoms with E-state index in [9.17, 15) is 18.0 Å². The summed E-state index contributed by atoms with van der Waals surface area (Å²) in [6.07, 6.45) is 0. The Balaban J connectivity index is 2.47. The fourth-order valence-electron chi connectivity index (χ4n) is 2.67. The number of benzene rings is 3. The van der Waals surface area contributed by atoms with Crippen LogP contribution in [0.5, 0.6) is 0 Å². The van der Waals surface area contributed by atoms with Crippen LogP contribution in [0.15, 0.2) is 40.9 Å². The zero-order valence-electron chi connectivity index (χ0n) is 11.8. The maximum Gasteiger partial charge on any atom is 0.346 e. The second-order valence-corrected chi connectivity index (χ2v) is 6.21. The molecular weight excluding hydrogens is 373 g/mol. The average molecular weight is 383 g/mol. The number of aliphatic carboxylic acids is 1. The molecule has 0 amide bonds. The highest BCUT2D eigenvalue weighted by molar-refractivity contribution is 9.10. The van der Waals surface area contributed by atoms with Crippen LogP contribution in [0.1, 0.15) is 12.5 Å². The number of carboxylic acid groups (broad SMARTS) is 1. The molecule has 23 heavy (non-hydrogen) atoms. The van der Waals surface area contributed by atoms with Gasteiger partial charge in [-0.25, -0.2) is 18.0 Å². The zero-order valence-corrected chi connectivity index (χ0v) is 13.4. The van der Waals surface area contributed by atoms with Gasteiger partial charge in [0.15, 0.2) is 0 Å². The molecule has 0 aliphatic heterocycles. The summed E-state index contributed by atoms with van der Waals surface area (Å²) in [7, 11) is 0. The molecule has 0 saturated carbocycles. The maximum atomic E-state index is 14.7. The lowest BCUT2D eigenvalue weighted by Crippen LogP contribution is -2.29.